The van der Waals surface area contributed by atoms with E-state index in [-0.39, 0.29) is 5.78 Å². The Kier molecular flexibility index (Phi) is 5.33. The van der Waals surface area contributed by atoms with Crippen molar-refractivity contribution in [2.24, 2.45) is 5.73 Å². The molecule has 1 aliphatic heterocycles. The summed E-state index contributed by atoms with van der Waals surface area (Å²) < 4.78 is 0. The van der Waals surface area contributed by atoms with Crippen molar-refractivity contribution in [3.05, 3.63) is 74.6 Å². The smallest absolute Gasteiger partial charge is 0.161 e. The molecule has 2 aliphatic carbocycles. The van der Waals surface area contributed by atoms with Crippen LogP contribution in [0.4, 0.5) is 5.00 Å². The minimum Gasteiger partial charge on any atom is -0.384 e. The fourth-order valence-electron chi connectivity index (χ4n) is 5.30. The number of Topliss-reactive ketones (excluding diaryl/α,β-unsaturated/α-hetero) is 1. The Labute approximate surface area is 192 Å². The third-order valence-corrected chi connectivity index (χ3v) is 8.04. The van der Waals surface area contributed by atoms with Crippen LogP contribution in [0.2, 0.25) is 0 Å². The molecule has 1 aromatic carbocycles. The van der Waals surface area contributed by atoms with Gasteiger partial charge in [-0.15, -0.1) is 11.3 Å². The topological polar surface area (TPSA) is 93.9 Å². The second-order valence-electron chi connectivity index (χ2n) is 8.58. The van der Waals surface area contributed by atoms with Crippen LogP contribution < -0.4 is 10.6 Å². The van der Waals surface area contributed by atoms with E-state index in [1.807, 2.05) is 35.2 Å². The van der Waals surface area contributed by atoms with E-state index in [2.05, 4.69) is 12.1 Å². The number of benzene rings is 1. The highest BCUT2D eigenvalue weighted by atomic mass is 32.1. The van der Waals surface area contributed by atoms with Crippen LogP contribution in [0.5, 0.6) is 0 Å². The van der Waals surface area contributed by atoms with Crippen LogP contribution in [0.25, 0.3) is 0 Å². The van der Waals surface area contributed by atoms with Crippen molar-refractivity contribution in [3.63, 3.8) is 0 Å². The lowest BCUT2D eigenvalue weighted by atomic mass is 9.75. The van der Waals surface area contributed by atoms with Gasteiger partial charge < -0.3 is 5.73 Å². The molecule has 0 spiro atoms. The standard InChI is InChI=1S/C26H24N4OS/c27-14-18-17-10-5-2-6-13-22(17)32-26(18)30-20-11-7-12-21(31)24(20)23(19(15-28)25(30)29)16-8-3-1-4-9-16/h1,3-4,8-9,23H,2,5-7,10-13,29H2/t23-/m0/s1. The fraction of sp³-hybridized carbons (Fsp3) is 0.346. The van der Waals surface area contributed by atoms with E-state index in [1.54, 1.807) is 11.3 Å². The molecule has 32 heavy (non-hydrogen) atoms. The predicted molar refractivity (Wildman–Crippen MR) is 125 cm³/mol. The molecule has 3 aliphatic rings. The van der Waals surface area contributed by atoms with Gasteiger partial charge in [-0.1, -0.05) is 36.8 Å². The summed E-state index contributed by atoms with van der Waals surface area (Å²) in [6, 6.07) is 14.4. The van der Waals surface area contributed by atoms with E-state index in [1.165, 1.54) is 11.3 Å². The molecule has 2 heterocycles. The zero-order valence-electron chi connectivity index (χ0n) is 17.9. The summed E-state index contributed by atoms with van der Waals surface area (Å²) in [4.78, 5) is 16.4. The SMILES string of the molecule is N#CC1=C(N)N(c2sc3c(c2C#N)CCCCC3)C2=C(C(=O)CCC2)[C@H]1c1ccccc1. The number of hydrogen-bond donors (Lipinski definition) is 1. The Morgan fingerprint density at radius 1 is 0.969 bits per heavy atom. The molecule has 0 unspecified atom stereocenters. The molecule has 0 fully saturated rings. The van der Waals surface area contributed by atoms with E-state index < -0.39 is 5.92 Å². The molecule has 2 aromatic rings. The molecule has 2 N–H and O–H groups in total. The van der Waals surface area contributed by atoms with E-state index in [0.29, 0.717) is 35.4 Å². The van der Waals surface area contributed by atoms with Crippen LogP contribution in [-0.4, -0.2) is 5.78 Å². The Hall–Kier alpha value is -3.35. The molecule has 160 valence electrons. The molecular weight excluding hydrogens is 416 g/mol. The molecule has 0 saturated carbocycles. The lowest BCUT2D eigenvalue weighted by molar-refractivity contribution is -0.116. The number of nitrogens with two attached hydrogens (primary N) is 1. The fourth-order valence-corrected chi connectivity index (χ4v) is 6.68. The number of thiophene rings is 1. The van der Waals surface area contributed by atoms with Crippen molar-refractivity contribution in [2.75, 3.05) is 4.90 Å². The van der Waals surface area contributed by atoms with Gasteiger partial charge in [-0.25, -0.2) is 0 Å². The van der Waals surface area contributed by atoms with Gasteiger partial charge in [0.1, 0.15) is 16.9 Å². The quantitative estimate of drug-likeness (QED) is 0.648. The monoisotopic (exact) mass is 440 g/mol. The predicted octanol–water partition coefficient (Wildman–Crippen LogP) is 5.19. The molecule has 1 atom stereocenters. The van der Waals surface area contributed by atoms with Gasteiger partial charge in [-0.3, -0.25) is 9.69 Å². The third kappa shape index (κ3) is 3.15. The van der Waals surface area contributed by atoms with Gasteiger partial charge in [-0.05, 0) is 49.7 Å². The van der Waals surface area contributed by atoms with Crippen LogP contribution >= 0.6 is 11.3 Å². The maximum absolute atomic E-state index is 13.2. The number of allylic oxidation sites excluding steroid dienone is 3. The van der Waals surface area contributed by atoms with Crippen molar-refractivity contribution >= 4 is 22.1 Å². The molecule has 0 saturated heterocycles. The van der Waals surface area contributed by atoms with Gasteiger partial charge in [0.05, 0.1) is 23.1 Å². The number of carbonyl (C=O) groups is 1. The van der Waals surface area contributed by atoms with Gasteiger partial charge in [0.25, 0.3) is 0 Å². The number of anilines is 1. The summed E-state index contributed by atoms with van der Waals surface area (Å²) in [7, 11) is 0. The molecule has 5 nitrogen and oxygen atoms in total. The summed E-state index contributed by atoms with van der Waals surface area (Å²) in [6.45, 7) is 0. The van der Waals surface area contributed by atoms with Gasteiger partial charge in [0, 0.05) is 22.6 Å². The number of aryl methyl sites for hydroxylation is 1. The van der Waals surface area contributed by atoms with Crippen molar-refractivity contribution in [2.45, 2.75) is 57.3 Å². The number of nitriles is 2. The maximum Gasteiger partial charge on any atom is 0.161 e. The number of rotatable bonds is 2. The molecule has 1 aromatic heterocycles. The van der Waals surface area contributed by atoms with E-state index >= 15 is 0 Å². The third-order valence-electron chi connectivity index (χ3n) is 6.76. The van der Waals surface area contributed by atoms with E-state index in [9.17, 15) is 15.3 Å². The Balaban J connectivity index is 1.75. The van der Waals surface area contributed by atoms with Crippen molar-refractivity contribution in [1.29, 1.82) is 10.5 Å². The average molecular weight is 441 g/mol. The average Bonchev–Trinajstić information content (AvgIpc) is 2.98. The van der Waals surface area contributed by atoms with Crippen molar-refractivity contribution < 1.29 is 4.79 Å². The van der Waals surface area contributed by atoms with Crippen molar-refractivity contribution in [1.82, 2.24) is 0 Å². The van der Waals surface area contributed by atoms with Gasteiger partial charge in [0.2, 0.25) is 0 Å². The molecule has 5 rings (SSSR count). The first-order chi connectivity index (χ1) is 15.7. The van der Waals surface area contributed by atoms with Crippen LogP contribution in [0.15, 0.2) is 53.0 Å². The number of fused-ring (bicyclic) bond motifs is 1. The summed E-state index contributed by atoms with van der Waals surface area (Å²) in [6.07, 6.45) is 7.16. The number of carbonyl (C=O) groups excluding carboxylic acids is 1. The van der Waals surface area contributed by atoms with E-state index in [0.717, 1.165) is 53.9 Å². The molecule has 6 heteroatoms. The summed E-state index contributed by atoms with van der Waals surface area (Å²) >= 11 is 1.61. The molecule has 0 radical (unpaired) electrons. The van der Waals surface area contributed by atoms with Gasteiger partial charge >= 0.3 is 0 Å². The molecule has 0 bridgehead atoms. The van der Waals surface area contributed by atoms with Crippen LogP contribution in [0.1, 0.15) is 66.0 Å². The maximum atomic E-state index is 13.2. The van der Waals surface area contributed by atoms with Crippen LogP contribution in [-0.2, 0) is 17.6 Å². The minimum atomic E-state index is -0.455. The lowest BCUT2D eigenvalue weighted by Gasteiger charge is -2.39. The Morgan fingerprint density at radius 2 is 1.75 bits per heavy atom. The van der Waals surface area contributed by atoms with Crippen molar-refractivity contribution in [3.8, 4) is 12.1 Å². The first-order valence-electron chi connectivity index (χ1n) is 11.2. The zero-order chi connectivity index (χ0) is 22.2. The lowest BCUT2D eigenvalue weighted by Crippen LogP contribution is -2.38. The first-order valence-corrected chi connectivity index (χ1v) is 12.0. The highest BCUT2D eigenvalue weighted by Crippen LogP contribution is 2.49. The summed E-state index contributed by atoms with van der Waals surface area (Å²) in [5.74, 6) is -0.0340. The van der Waals surface area contributed by atoms with Crippen LogP contribution in [0.3, 0.4) is 0 Å². The summed E-state index contributed by atoms with van der Waals surface area (Å²) in [5, 5.41) is 21.0. The zero-order valence-corrected chi connectivity index (χ0v) is 18.7. The van der Waals surface area contributed by atoms with Gasteiger partial charge in [-0.2, -0.15) is 10.5 Å². The number of nitrogens with zero attached hydrogens (tertiary/aromatic N) is 3. The largest absolute Gasteiger partial charge is 0.384 e. The first kappa shape index (κ1) is 20.5. The second kappa shape index (κ2) is 8.30. The summed E-state index contributed by atoms with van der Waals surface area (Å²) in [5.41, 5.74) is 11.3. The highest BCUT2D eigenvalue weighted by Gasteiger charge is 2.41. The highest BCUT2D eigenvalue weighted by molar-refractivity contribution is 7.16. The molecule has 0 amide bonds. The second-order valence-corrected chi connectivity index (χ2v) is 9.67. The normalized spacial score (nSPS) is 20.9. The van der Waals surface area contributed by atoms with Gasteiger partial charge in [0.15, 0.2) is 5.78 Å². The Morgan fingerprint density at radius 3 is 2.50 bits per heavy atom. The number of ketones is 1. The number of hydrogen-bond acceptors (Lipinski definition) is 6. The minimum absolute atomic E-state index is 0.0713. The van der Waals surface area contributed by atoms with Crippen LogP contribution in [0, 0.1) is 22.7 Å². The van der Waals surface area contributed by atoms with E-state index in [4.69, 9.17) is 5.73 Å². The molecular formula is C26H24N4OS. The Bertz CT molecular complexity index is 1240.